The lowest BCUT2D eigenvalue weighted by Crippen LogP contribution is -2.55. The maximum Gasteiger partial charge on any atom is 0.416 e. The van der Waals surface area contributed by atoms with Gasteiger partial charge in [-0.25, -0.2) is 4.39 Å². The number of carbonyl (C=O) groups is 1. The summed E-state index contributed by atoms with van der Waals surface area (Å²) in [4.78, 5) is 15.8. The van der Waals surface area contributed by atoms with E-state index in [9.17, 15) is 23.1 Å². The molecule has 1 amide bonds. The smallest absolute Gasteiger partial charge is 0.416 e. The van der Waals surface area contributed by atoms with Crippen molar-refractivity contribution in [2.24, 2.45) is 5.92 Å². The van der Waals surface area contributed by atoms with E-state index in [1.807, 2.05) is 18.2 Å². The summed E-state index contributed by atoms with van der Waals surface area (Å²) in [5, 5.41) is 14.8. The number of nitrogens with zero attached hydrogens (tertiary/aromatic N) is 1. The second kappa shape index (κ2) is 13.5. The van der Waals surface area contributed by atoms with Crippen molar-refractivity contribution < 1.29 is 41.7 Å². The molecule has 2 atom stereocenters. The highest BCUT2D eigenvalue weighted by Gasteiger charge is 2.49. The minimum atomic E-state index is -4.72. The van der Waals surface area contributed by atoms with Gasteiger partial charge in [0.05, 0.1) is 18.1 Å². The number of aryl methyl sites for hydroxylation is 1. The average Bonchev–Trinajstić information content (AvgIpc) is 3.77. The summed E-state index contributed by atoms with van der Waals surface area (Å²) in [6.45, 7) is 2.00. The van der Waals surface area contributed by atoms with Crippen LogP contribution in [0.15, 0.2) is 36.4 Å². The molecule has 1 heterocycles. The quantitative estimate of drug-likeness (QED) is 0.269. The van der Waals surface area contributed by atoms with Gasteiger partial charge in [0.1, 0.15) is 23.8 Å². The molecule has 2 aliphatic rings. The summed E-state index contributed by atoms with van der Waals surface area (Å²) in [7, 11) is 3.24. The van der Waals surface area contributed by atoms with Gasteiger partial charge in [0.25, 0.3) is 0 Å². The molecule has 4 rings (SSSR count). The van der Waals surface area contributed by atoms with E-state index >= 15 is 4.39 Å². The Morgan fingerprint density at radius 2 is 1.80 bits per heavy atom. The zero-order chi connectivity index (χ0) is 29.6. The third kappa shape index (κ3) is 7.77. The van der Waals surface area contributed by atoms with E-state index in [4.69, 9.17) is 14.2 Å². The molecule has 0 radical (unpaired) electrons. The predicted molar refractivity (Wildman–Crippen MR) is 144 cm³/mol. The first-order valence-electron chi connectivity index (χ1n) is 13.9. The second-order valence-electron chi connectivity index (χ2n) is 10.7. The van der Waals surface area contributed by atoms with Crippen LogP contribution in [-0.4, -0.2) is 69.1 Å². The summed E-state index contributed by atoms with van der Waals surface area (Å²) in [6, 6.07) is 7.89. The molecular formula is C30H38F4N2O5. The van der Waals surface area contributed by atoms with Crippen LogP contribution < -0.4 is 10.1 Å². The van der Waals surface area contributed by atoms with E-state index in [-0.39, 0.29) is 43.6 Å². The molecule has 1 saturated heterocycles. The standard InChI is InChI=1S/C30H38F4N2O5/c1-39-11-3-4-20-14-21(16-24(15-20)41-13-12-40-2)19-36(23-6-7-23)28(37)26-18-35-10-9-29(26,38)25-8-5-22(17-27(25)31)30(32,33)34/h5,8,14-17,23,26,35,38H,3-4,6-7,9-13,18-19H2,1-2H3/t26-,29+/m1/s1. The van der Waals surface area contributed by atoms with Crippen molar-refractivity contribution in [3.05, 3.63) is 64.5 Å². The molecule has 41 heavy (non-hydrogen) atoms. The van der Waals surface area contributed by atoms with Crippen molar-refractivity contribution in [2.75, 3.05) is 47.1 Å². The largest absolute Gasteiger partial charge is 0.491 e. The number of piperidine rings is 1. The Kier molecular flexibility index (Phi) is 10.3. The van der Waals surface area contributed by atoms with Crippen LogP contribution in [0.3, 0.4) is 0 Å². The first kappa shape index (κ1) is 31.2. The number of rotatable bonds is 13. The molecule has 0 aromatic heterocycles. The van der Waals surface area contributed by atoms with Crippen LogP contribution >= 0.6 is 0 Å². The van der Waals surface area contributed by atoms with E-state index in [2.05, 4.69) is 5.32 Å². The monoisotopic (exact) mass is 582 g/mol. The minimum Gasteiger partial charge on any atom is -0.491 e. The van der Waals surface area contributed by atoms with Gasteiger partial charge in [0.2, 0.25) is 5.91 Å². The van der Waals surface area contributed by atoms with Crippen molar-refractivity contribution >= 4 is 5.91 Å². The summed E-state index contributed by atoms with van der Waals surface area (Å²) in [5.74, 6) is -1.97. The summed E-state index contributed by atoms with van der Waals surface area (Å²) in [5.41, 5.74) is -1.53. The van der Waals surface area contributed by atoms with Crippen molar-refractivity contribution in [1.82, 2.24) is 10.2 Å². The van der Waals surface area contributed by atoms with Crippen molar-refractivity contribution in [2.45, 2.75) is 56.5 Å². The Bertz CT molecular complexity index is 1160. The third-order valence-corrected chi connectivity index (χ3v) is 7.69. The van der Waals surface area contributed by atoms with Gasteiger partial charge in [0, 0.05) is 45.5 Å². The second-order valence-corrected chi connectivity index (χ2v) is 10.7. The molecule has 2 fully saturated rings. The summed E-state index contributed by atoms with van der Waals surface area (Å²) < 4.78 is 70.7. The Labute approximate surface area is 237 Å². The zero-order valence-electron chi connectivity index (χ0n) is 23.4. The van der Waals surface area contributed by atoms with E-state index in [0.717, 1.165) is 48.9 Å². The van der Waals surface area contributed by atoms with Gasteiger partial charge in [-0.3, -0.25) is 4.79 Å². The van der Waals surface area contributed by atoms with Crippen LogP contribution in [0.1, 0.15) is 47.9 Å². The van der Waals surface area contributed by atoms with Crippen LogP contribution in [0.4, 0.5) is 17.6 Å². The topological polar surface area (TPSA) is 80.3 Å². The first-order chi connectivity index (χ1) is 19.6. The van der Waals surface area contributed by atoms with Crippen molar-refractivity contribution in [3.63, 3.8) is 0 Å². The molecule has 2 aromatic rings. The van der Waals surface area contributed by atoms with E-state index in [0.29, 0.717) is 31.6 Å². The highest BCUT2D eigenvalue weighted by molar-refractivity contribution is 5.81. The first-order valence-corrected chi connectivity index (χ1v) is 13.9. The Balaban J connectivity index is 1.61. The average molecular weight is 583 g/mol. The number of amides is 1. The summed E-state index contributed by atoms with van der Waals surface area (Å²) >= 11 is 0. The van der Waals surface area contributed by atoms with Crippen molar-refractivity contribution in [1.29, 1.82) is 0 Å². The number of alkyl halides is 3. The molecule has 2 aromatic carbocycles. The number of hydrogen-bond donors (Lipinski definition) is 2. The fourth-order valence-corrected chi connectivity index (χ4v) is 5.41. The number of hydrogen-bond acceptors (Lipinski definition) is 6. The molecule has 1 aliphatic carbocycles. The Morgan fingerprint density at radius 1 is 1.07 bits per heavy atom. The molecule has 0 unspecified atom stereocenters. The SMILES string of the molecule is COCCCc1cc(CN(C(=O)[C@H]2CNCC[C@]2(O)c2ccc(C(F)(F)F)cc2F)C2CC2)cc(OCCOC)c1. The number of nitrogens with one attached hydrogen (secondary N) is 1. The normalized spacial score (nSPS) is 21.1. The van der Waals surface area contributed by atoms with Gasteiger partial charge in [-0.1, -0.05) is 12.1 Å². The van der Waals surface area contributed by atoms with Gasteiger partial charge in [-0.05, 0) is 74.0 Å². The van der Waals surface area contributed by atoms with Crippen LogP contribution in [0.5, 0.6) is 5.75 Å². The van der Waals surface area contributed by atoms with Gasteiger partial charge in [-0.15, -0.1) is 0 Å². The summed E-state index contributed by atoms with van der Waals surface area (Å²) in [6.07, 6.45) is -1.59. The van der Waals surface area contributed by atoms with Gasteiger partial charge >= 0.3 is 6.18 Å². The van der Waals surface area contributed by atoms with Gasteiger partial charge in [-0.2, -0.15) is 13.2 Å². The molecule has 0 spiro atoms. The highest BCUT2D eigenvalue weighted by atomic mass is 19.4. The Morgan fingerprint density at radius 3 is 2.46 bits per heavy atom. The van der Waals surface area contributed by atoms with Crippen molar-refractivity contribution in [3.8, 4) is 5.75 Å². The molecule has 11 heteroatoms. The van der Waals surface area contributed by atoms with Crippen LogP contribution in [0.25, 0.3) is 0 Å². The molecule has 7 nitrogen and oxygen atoms in total. The van der Waals surface area contributed by atoms with Crippen LogP contribution in [-0.2, 0) is 39.0 Å². The molecule has 1 aliphatic heterocycles. The highest BCUT2D eigenvalue weighted by Crippen LogP contribution is 2.41. The van der Waals surface area contributed by atoms with E-state index < -0.39 is 29.1 Å². The number of benzene rings is 2. The molecule has 226 valence electrons. The van der Waals surface area contributed by atoms with Gasteiger partial charge < -0.3 is 29.5 Å². The zero-order valence-corrected chi connectivity index (χ0v) is 23.4. The predicted octanol–water partition coefficient (Wildman–Crippen LogP) is 4.44. The fourth-order valence-electron chi connectivity index (χ4n) is 5.41. The lowest BCUT2D eigenvalue weighted by molar-refractivity contribution is -0.151. The number of aliphatic hydroxyl groups is 1. The molecule has 0 bridgehead atoms. The molecule has 1 saturated carbocycles. The minimum absolute atomic E-state index is 0.0172. The maximum absolute atomic E-state index is 15.1. The molecular weight excluding hydrogens is 544 g/mol. The molecule has 2 N–H and O–H groups in total. The Hall–Kier alpha value is -2.73. The van der Waals surface area contributed by atoms with Gasteiger partial charge in [0.15, 0.2) is 0 Å². The maximum atomic E-state index is 15.1. The van der Waals surface area contributed by atoms with E-state index in [1.54, 1.807) is 19.1 Å². The number of halogens is 4. The number of methoxy groups -OCH3 is 2. The number of carbonyl (C=O) groups excluding carboxylic acids is 1. The van der Waals surface area contributed by atoms with Crippen LogP contribution in [0, 0.1) is 11.7 Å². The lowest BCUT2D eigenvalue weighted by atomic mass is 9.75. The number of ether oxygens (including phenoxy) is 3. The lowest BCUT2D eigenvalue weighted by Gasteiger charge is -2.42. The fraction of sp³-hybridized carbons (Fsp3) is 0.567. The third-order valence-electron chi connectivity index (χ3n) is 7.69. The van der Waals surface area contributed by atoms with E-state index in [1.165, 1.54) is 0 Å². The van der Waals surface area contributed by atoms with Crippen LogP contribution in [0.2, 0.25) is 0 Å².